The molecule has 1 aliphatic rings. The second kappa shape index (κ2) is 6.81. The van der Waals surface area contributed by atoms with Crippen molar-refractivity contribution < 1.29 is 4.79 Å². The van der Waals surface area contributed by atoms with Gasteiger partial charge < -0.3 is 15.6 Å². The molecule has 0 aliphatic carbocycles. The summed E-state index contributed by atoms with van der Waals surface area (Å²) in [6.07, 6.45) is 2.65. The third kappa shape index (κ3) is 2.99. The average Bonchev–Trinajstić information content (AvgIpc) is 3.21. The molecule has 3 heterocycles. The van der Waals surface area contributed by atoms with Crippen molar-refractivity contribution in [3.05, 3.63) is 77.6 Å². The van der Waals surface area contributed by atoms with Gasteiger partial charge in [-0.1, -0.05) is 42.5 Å². The monoisotopic (exact) mass is 369 g/mol. The van der Waals surface area contributed by atoms with E-state index in [-0.39, 0.29) is 5.91 Å². The van der Waals surface area contributed by atoms with Crippen molar-refractivity contribution in [2.75, 3.05) is 11.9 Å². The molecule has 138 valence electrons. The molecule has 0 unspecified atom stereocenters. The van der Waals surface area contributed by atoms with Crippen molar-refractivity contribution in [2.45, 2.75) is 13.0 Å². The normalized spacial score (nSPS) is 13.2. The molecule has 2 aromatic carbocycles. The van der Waals surface area contributed by atoms with E-state index in [9.17, 15) is 4.79 Å². The van der Waals surface area contributed by atoms with E-state index in [1.54, 1.807) is 0 Å². The van der Waals surface area contributed by atoms with Crippen molar-refractivity contribution in [2.24, 2.45) is 0 Å². The molecule has 4 aromatic rings. The molecular formula is C22H19N5O. The Morgan fingerprint density at radius 2 is 1.93 bits per heavy atom. The summed E-state index contributed by atoms with van der Waals surface area (Å²) < 4.78 is 0. The number of aromatic nitrogens is 3. The van der Waals surface area contributed by atoms with Crippen LogP contribution in [0.2, 0.25) is 0 Å². The maximum atomic E-state index is 12.4. The number of nitrogens with zero attached hydrogens (tertiary/aromatic N) is 2. The number of rotatable bonds is 4. The molecule has 3 N–H and O–H groups in total. The number of hydrogen-bond donors (Lipinski definition) is 3. The molecule has 2 aromatic heterocycles. The largest absolute Gasteiger partial charge is 0.366 e. The zero-order valence-electron chi connectivity index (χ0n) is 15.2. The number of aromatic amines is 1. The van der Waals surface area contributed by atoms with Gasteiger partial charge in [-0.25, -0.2) is 9.97 Å². The van der Waals surface area contributed by atoms with E-state index in [1.165, 1.54) is 5.39 Å². The van der Waals surface area contributed by atoms with Gasteiger partial charge in [0.1, 0.15) is 11.5 Å². The number of nitrogens with one attached hydrogen (secondary N) is 3. The minimum atomic E-state index is -0.142. The fraction of sp³-hybridized carbons (Fsp3) is 0.136. The van der Waals surface area contributed by atoms with Gasteiger partial charge in [-0.3, -0.25) is 4.79 Å². The maximum Gasteiger partial charge on any atom is 0.270 e. The van der Waals surface area contributed by atoms with Gasteiger partial charge in [0.05, 0.1) is 0 Å². The summed E-state index contributed by atoms with van der Waals surface area (Å²) in [5.41, 5.74) is 4.48. The van der Waals surface area contributed by atoms with E-state index in [0.29, 0.717) is 31.0 Å². The highest BCUT2D eigenvalue weighted by Crippen LogP contribution is 2.25. The molecule has 0 bridgehead atoms. The zero-order chi connectivity index (χ0) is 18.9. The minimum absolute atomic E-state index is 0.142. The quantitative estimate of drug-likeness (QED) is 0.514. The standard InChI is InChI=1S/C22H19N5O/c28-22-19-17(9-11-24-22)21(27-20(26-19)16-4-2-1-3-5-16)25-13-14-6-7-15-8-10-23-18(15)12-14/h1-8,10,12,23H,9,11,13H2,(H,24,28)(H,25,26,27). The number of benzene rings is 2. The van der Waals surface area contributed by atoms with Gasteiger partial charge in [-0.2, -0.15) is 0 Å². The number of amides is 1. The van der Waals surface area contributed by atoms with Crippen LogP contribution in [0.1, 0.15) is 21.6 Å². The van der Waals surface area contributed by atoms with E-state index < -0.39 is 0 Å². The van der Waals surface area contributed by atoms with Crippen molar-refractivity contribution in [3.63, 3.8) is 0 Å². The average molecular weight is 369 g/mol. The maximum absolute atomic E-state index is 12.4. The summed E-state index contributed by atoms with van der Waals surface area (Å²) in [7, 11) is 0. The predicted molar refractivity (Wildman–Crippen MR) is 109 cm³/mol. The summed E-state index contributed by atoms with van der Waals surface area (Å²) >= 11 is 0. The van der Waals surface area contributed by atoms with Crippen LogP contribution >= 0.6 is 0 Å². The van der Waals surface area contributed by atoms with Crippen LogP contribution in [0.4, 0.5) is 5.82 Å². The Balaban J connectivity index is 1.51. The van der Waals surface area contributed by atoms with Gasteiger partial charge in [-0.15, -0.1) is 0 Å². The van der Waals surface area contributed by atoms with Crippen LogP contribution in [0.15, 0.2) is 60.8 Å². The fourth-order valence-corrected chi connectivity index (χ4v) is 3.55. The fourth-order valence-electron chi connectivity index (χ4n) is 3.55. The van der Waals surface area contributed by atoms with E-state index in [0.717, 1.165) is 28.0 Å². The van der Waals surface area contributed by atoms with Crippen LogP contribution < -0.4 is 10.6 Å². The summed E-state index contributed by atoms with van der Waals surface area (Å²) in [5, 5.41) is 7.49. The van der Waals surface area contributed by atoms with Crippen LogP contribution in [-0.2, 0) is 13.0 Å². The lowest BCUT2D eigenvalue weighted by Gasteiger charge is -2.20. The number of carbonyl (C=O) groups is 1. The number of anilines is 1. The van der Waals surface area contributed by atoms with E-state index in [1.807, 2.05) is 36.5 Å². The molecule has 6 nitrogen and oxygen atoms in total. The summed E-state index contributed by atoms with van der Waals surface area (Å²) in [5.74, 6) is 1.14. The van der Waals surface area contributed by atoms with Gasteiger partial charge in [0.2, 0.25) is 0 Å². The number of H-pyrrole nitrogens is 1. The first-order valence-electron chi connectivity index (χ1n) is 9.32. The van der Waals surface area contributed by atoms with Gasteiger partial charge in [0.25, 0.3) is 5.91 Å². The Bertz CT molecular complexity index is 1170. The highest BCUT2D eigenvalue weighted by molar-refractivity contribution is 5.96. The summed E-state index contributed by atoms with van der Waals surface area (Å²) in [6, 6.07) is 18.1. The third-order valence-corrected chi connectivity index (χ3v) is 4.99. The van der Waals surface area contributed by atoms with E-state index >= 15 is 0 Å². The Morgan fingerprint density at radius 3 is 2.82 bits per heavy atom. The molecule has 5 rings (SSSR count). The van der Waals surface area contributed by atoms with Crippen LogP contribution in [0.3, 0.4) is 0 Å². The van der Waals surface area contributed by atoms with Crippen molar-refractivity contribution in [1.29, 1.82) is 0 Å². The Labute approximate surface area is 162 Å². The molecular weight excluding hydrogens is 350 g/mol. The van der Waals surface area contributed by atoms with Crippen molar-refractivity contribution in [1.82, 2.24) is 20.3 Å². The van der Waals surface area contributed by atoms with Crippen LogP contribution in [0, 0.1) is 0 Å². The molecule has 0 fully saturated rings. The molecule has 1 amide bonds. The third-order valence-electron chi connectivity index (χ3n) is 4.99. The topological polar surface area (TPSA) is 82.7 Å². The predicted octanol–water partition coefficient (Wildman–Crippen LogP) is 3.52. The van der Waals surface area contributed by atoms with Gasteiger partial charge in [-0.05, 0) is 29.5 Å². The number of hydrogen-bond acceptors (Lipinski definition) is 4. The van der Waals surface area contributed by atoms with Crippen LogP contribution in [0.25, 0.3) is 22.3 Å². The van der Waals surface area contributed by atoms with Crippen LogP contribution in [0.5, 0.6) is 0 Å². The molecule has 0 saturated heterocycles. The molecule has 0 radical (unpaired) electrons. The molecule has 6 heteroatoms. The lowest BCUT2D eigenvalue weighted by molar-refractivity contribution is 0.0940. The summed E-state index contributed by atoms with van der Waals surface area (Å²) in [6.45, 7) is 1.22. The molecule has 1 aliphatic heterocycles. The lowest BCUT2D eigenvalue weighted by Crippen LogP contribution is -2.34. The lowest BCUT2D eigenvalue weighted by atomic mass is 10.1. The number of fused-ring (bicyclic) bond motifs is 2. The smallest absolute Gasteiger partial charge is 0.270 e. The van der Waals surface area contributed by atoms with Crippen molar-refractivity contribution in [3.8, 4) is 11.4 Å². The highest BCUT2D eigenvalue weighted by Gasteiger charge is 2.24. The molecule has 0 saturated carbocycles. The second-order valence-electron chi connectivity index (χ2n) is 6.85. The zero-order valence-corrected chi connectivity index (χ0v) is 15.2. The minimum Gasteiger partial charge on any atom is -0.366 e. The second-order valence-corrected chi connectivity index (χ2v) is 6.85. The Morgan fingerprint density at radius 1 is 1.04 bits per heavy atom. The first-order valence-corrected chi connectivity index (χ1v) is 9.32. The first kappa shape index (κ1) is 16.5. The van der Waals surface area contributed by atoms with Gasteiger partial charge in [0.15, 0.2) is 5.82 Å². The van der Waals surface area contributed by atoms with Crippen LogP contribution in [-0.4, -0.2) is 27.4 Å². The first-order chi connectivity index (χ1) is 13.8. The van der Waals surface area contributed by atoms with E-state index in [2.05, 4.69) is 44.9 Å². The van der Waals surface area contributed by atoms with Gasteiger partial charge >= 0.3 is 0 Å². The SMILES string of the molecule is O=C1NCCc2c(NCc3ccc4cc[nH]c4c3)nc(-c3ccccc3)nc21. The molecule has 0 atom stereocenters. The highest BCUT2D eigenvalue weighted by atomic mass is 16.1. The number of carbonyl (C=O) groups excluding carboxylic acids is 1. The van der Waals surface area contributed by atoms with E-state index in [4.69, 9.17) is 4.98 Å². The van der Waals surface area contributed by atoms with Crippen molar-refractivity contribution >= 4 is 22.6 Å². The molecule has 0 spiro atoms. The Kier molecular flexibility index (Phi) is 4.01. The van der Waals surface area contributed by atoms with Gasteiger partial charge in [0, 0.05) is 35.9 Å². The Hall–Kier alpha value is -3.67. The summed E-state index contributed by atoms with van der Waals surface area (Å²) in [4.78, 5) is 24.9. The molecule has 28 heavy (non-hydrogen) atoms.